The minimum absolute atomic E-state index is 0.183. The molecule has 1 fully saturated rings. The van der Waals surface area contributed by atoms with Gasteiger partial charge in [-0.1, -0.05) is 0 Å². The van der Waals surface area contributed by atoms with E-state index in [-0.39, 0.29) is 25.1 Å². The SMILES string of the molecule is COC(=O)C1CCC(C(=O)O)COC1. The second-order valence-corrected chi connectivity index (χ2v) is 3.37. The topological polar surface area (TPSA) is 72.8 Å². The average Bonchev–Trinajstić information content (AvgIpc) is 2.41. The van der Waals surface area contributed by atoms with Gasteiger partial charge in [-0.15, -0.1) is 0 Å². The summed E-state index contributed by atoms with van der Waals surface area (Å²) in [5.41, 5.74) is 0. The first kappa shape index (κ1) is 11.0. The number of hydrogen-bond donors (Lipinski definition) is 1. The minimum Gasteiger partial charge on any atom is -0.481 e. The van der Waals surface area contributed by atoms with Crippen LogP contribution in [0.15, 0.2) is 0 Å². The lowest BCUT2D eigenvalue weighted by Crippen LogP contribution is -2.19. The molecule has 2 unspecified atom stereocenters. The zero-order valence-corrected chi connectivity index (χ0v) is 8.06. The molecule has 0 aromatic rings. The van der Waals surface area contributed by atoms with Crippen LogP contribution in [0.2, 0.25) is 0 Å². The van der Waals surface area contributed by atoms with Gasteiger partial charge in [0.25, 0.3) is 0 Å². The monoisotopic (exact) mass is 202 g/mol. The van der Waals surface area contributed by atoms with Crippen molar-refractivity contribution in [2.24, 2.45) is 11.8 Å². The number of carbonyl (C=O) groups is 2. The van der Waals surface area contributed by atoms with Gasteiger partial charge in [-0.25, -0.2) is 0 Å². The number of aliphatic carboxylic acids is 1. The van der Waals surface area contributed by atoms with Crippen molar-refractivity contribution >= 4 is 11.9 Å². The normalized spacial score (nSPS) is 27.8. The summed E-state index contributed by atoms with van der Waals surface area (Å²) in [7, 11) is 1.32. The van der Waals surface area contributed by atoms with Crippen LogP contribution in [0.1, 0.15) is 12.8 Å². The predicted molar refractivity (Wildman–Crippen MR) is 46.7 cm³/mol. The van der Waals surface area contributed by atoms with Gasteiger partial charge in [0.05, 0.1) is 32.2 Å². The molecule has 14 heavy (non-hydrogen) atoms. The van der Waals surface area contributed by atoms with Crippen LogP contribution in [0.25, 0.3) is 0 Å². The molecule has 1 heterocycles. The van der Waals surface area contributed by atoms with Crippen LogP contribution in [0.4, 0.5) is 0 Å². The third-order valence-corrected chi connectivity index (χ3v) is 2.39. The molecule has 0 aliphatic carbocycles. The van der Waals surface area contributed by atoms with E-state index in [1.165, 1.54) is 7.11 Å². The number of hydrogen-bond acceptors (Lipinski definition) is 4. The average molecular weight is 202 g/mol. The van der Waals surface area contributed by atoms with Crippen LogP contribution in [-0.4, -0.2) is 37.4 Å². The van der Waals surface area contributed by atoms with Crippen molar-refractivity contribution in [3.8, 4) is 0 Å². The lowest BCUT2D eigenvalue weighted by molar-refractivity contribution is -0.147. The maximum atomic E-state index is 11.1. The standard InChI is InChI=1S/C9H14O5/c1-13-9(12)7-3-2-6(8(10)11)4-14-5-7/h6-7H,2-5H2,1H3,(H,10,11). The second-order valence-electron chi connectivity index (χ2n) is 3.37. The summed E-state index contributed by atoms with van der Waals surface area (Å²) in [5, 5.41) is 8.75. The molecule has 0 radical (unpaired) electrons. The molecule has 5 heteroatoms. The lowest BCUT2D eigenvalue weighted by Gasteiger charge is -2.09. The van der Waals surface area contributed by atoms with Crippen LogP contribution in [0.5, 0.6) is 0 Å². The molecular formula is C9H14O5. The summed E-state index contributed by atoms with van der Waals surface area (Å²) >= 11 is 0. The van der Waals surface area contributed by atoms with Crippen LogP contribution in [0, 0.1) is 11.8 Å². The molecule has 0 amide bonds. The molecule has 0 spiro atoms. The Balaban J connectivity index is 2.48. The van der Waals surface area contributed by atoms with Crippen LogP contribution in [0.3, 0.4) is 0 Å². The Morgan fingerprint density at radius 2 is 1.86 bits per heavy atom. The molecule has 0 aromatic carbocycles. The molecule has 1 N–H and O–H groups in total. The Hall–Kier alpha value is -1.10. The van der Waals surface area contributed by atoms with Crippen molar-refractivity contribution in [2.75, 3.05) is 20.3 Å². The van der Waals surface area contributed by atoms with E-state index in [0.717, 1.165) is 0 Å². The van der Waals surface area contributed by atoms with Crippen molar-refractivity contribution < 1.29 is 24.2 Å². The predicted octanol–water partition coefficient (Wildman–Crippen LogP) is 0.287. The first-order chi connectivity index (χ1) is 6.65. The molecule has 1 rings (SSSR count). The highest BCUT2D eigenvalue weighted by Gasteiger charge is 2.28. The summed E-state index contributed by atoms with van der Waals surface area (Å²) < 4.78 is 9.70. The van der Waals surface area contributed by atoms with E-state index in [1.54, 1.807) is 0 Å². The van der Waals surface area contributed by atoms with Crippen molar-refractivity contribution in [3.05, 3.63) is 0 Å². The largest absolute Gasteiger partial charge is 0.481 e. The second kappa shape index (κ2) is 4.95. The smallest absolute Gasteiger partial charge is 0.311 e. The van der Waals surface area contributed by atoms with Gasteiger partial charge in [0.2, 0.25) is 0 Å². The third kappa shape index (κ3) is 2.70. The maximum Gasteiger partial charge on any atom is 0.311 e. The highest BCUT2D eigenvalue weighted by atomic mass is 16.5. The van der Waals surface area contributed by atoms with E-state index in [9.17, 15) is 9.59 Å². The lowest BCUT2D eigenvalue weighted by atomic mass is 9.98. The fourth-order valence-electron chi connectivity index (χ4n) is 1.47. The van der Waals surface area contributed by atoms with Gasteiger partial charge in [-0.2, -0.15) is 0 Å². The van der Waals surface area contributed by atoms with Crippen molar-refractivity contribution in [3.63, 3.8) is 0 Å². The molecule has 1 aliphatic heterocycles. The molecular weight excluding hydrogens is 188 g/mol. The van der Waals surface area contributed by atoms with Gasteiger partial charge < -0.3 is 14.6 Å². The van der Waals surface area contributed by atoms with E-state index in [2.05, 4.69) is 4.74 Å². The summed E-state index contributed by atoms with van der Waals surface area (Å²) in [6.45, 7) is 0.444. The van der Waals surface area contributed by atoms with E-state index >= 15 is 0 Å². The summed E-state index contributed by atoms with van der Waals surface area (Å²) in [6, 6.07) is 0. The number of methoxy groups -OCH3 is 1. The zero-order valence-electron chi connectivity index (χ0n) is 8.06. The Morgan fingerprint density at radius 1 is 1.29 bits per heavy atom. The number of ether oxygens (including phenoxy) is 2. The van der Waals surface area contributed by atoms with Gasteiger partial charge in [-0.3, -0.25) is 9.59 Å². The molecule has 1 aliphatic rings. The molecule has 0 bridgehead atoms. The molecule has 0 aromatic heterocycles. The third-order valence-electron chi connectivity index (χ3n) is 2.39. The van der Waals surface area contributed by atoms with Crippen molar-refractivity contribution in [1.29, 1.82) is 0 Å². The Kier molecular flexibility index (Phi) is 3.88. The van der Waals surface area contributed by atoms with Crippen LogP contribution >= 0.6 is 0 Å². The molecule has 5 nitrogen and oxygen atoms in total. The van der Waals surface area contributed by atoms with Crippen LogP contribution in [-0.2, 0) is 19.1 Å². The maximum absolute atomic E-state index is 11.1. The highest BCUT2D eigenvalue weighted by Crippen LogP contribution is 2.19. The van der Waals surface area contributed by atoms with Crippen molar-refractivity contribution in [1.82, 2.24) is 0 Å². The first-order valence-electron chi connectivity index (χ1n) is 4.53. The molecule has 0 saturated carbocycles. The van der Waals surface area contributed by atoms with E-state index in [4.69, 9.17) is 9.84 Å². The van der Waals surface area contributed by atoms with E-state index in [0.29, 0.717) is 12.8 Å². The van der Waals surface area contributed by atoms with Gasteiger partial charge in [0.15, 0.2) is 0 Å². The number of carboxylic acid groups (broad SMARTS) is 1. The van der Waals surface area contributed by atoms with Crippen LogP contribution < -0.4 is 0 Å². The van der Waals surface area contributed by atoms with Gasteiger partial charge >= 0.3 is 11.9 Å². The number of carbonyl (C=O) groups excluding carboxylic acids is 1. The Labute approximate surface area is 82.0 Å². The Morgan fingerprint density at radius 3 is 2.43 bits per heavy atom. The number of rotatable bonds is 2. The van der Waals surface area contributed by atoms with E-state index < -0.39 is 11.9 Å². The number of esters is 1. The first-order valence-corrected chi connectivity index (χ1v) is 4.53. The van der Waals surface area contributed by atoms with Gasteiger partial charge in [-0.05, 0) is 12.8 Å². The highest BCUT2D eigenvalue weighted by molar-refractivity contribution is 5.73. The molecule has 2 atom stereocenters. The Bertz CT molecular complexity index is 225. The number of carboxylic acids is 1. The van der Waals surface area contributed by atoms with Crippen molar-refractivity contribution in [2.45, 2.75) is 12.8 Å². The summed E-state index contributed by atoms with van der Waals surface area (Å²) in [5.74, 6) is -2.00. The summed E-state index contributed by atoms with van der Waals surface area (Å²) in [4.78, 5) is 21.8. The fourth-order valence-corrected chi connectivity index (χ4v) is 1.47. The molecule has 1 saturated heterocycles. The minimum atomic E-state index is -0.865. The quantitative estimate of drug-likeness (QED) is 0.651. The zero-order chi connectivity index (χ0) is 10.6. The van der Waals surface area contributed by atoms with Gasteiger partial charge in [0, 0.05) is 0 Å². The molecule has 80 valence electrons. The fraction of sp³-hybridized carbons (Fsp3) is 0.778. The van der Waals surface area contributed by atoms with Gasteiger partial charge in [0.1, 0.15) is 0 Å². The summed E-state index contributed by atoms with van der Waals surface area (Å²) in [6.07, 6.45) is 0.985. The van der Waals surface area contributed by atoms with E-state index in [1.807, 2.05) is 0 Å².